The van der Waals surface area contributed by atoms with Gasteiger partial charge in [0.25, 0.3) is 11.5 Å². The van der Waals surface area contributed by atoms with Crippen LogP contribution in [0.15, 0.2) is 94.2 Å². The number of nitrogens with one attached hydrogen (secondary N) is 2. The van der Waals surface area contributed by atoms with E-state index in [1.54, 1.807) is 28.5 Å². The molecule has 1 saturated heterocycles. The van der Waals surface area contributed by atoms with Gasteiger partial charge in [-0.3, -0.25) is 19.5 Å². The molecule has 6 rings (SSSR count). The number of carbonyl (C=O) groups excluding carboxylic acids is 1. The van der Waals surface area contributed by atoms with Gasteiger partial charge in [-0.05, 0) is 108 Å². The van der Waals surface area contributed by atoms with E-state index in [2.05, 4.69) is 31.2 Å². The first-order valence-corrected chi connectivity index (χ1v) is 16.7. The van der Waals surface area contributed by atoms with Crippen molar-refractivity contribution in [2.24, 2.45) is 0 Å². The number of nitrogens with zero attached hydrogens (tertiary/aromatic N) is 4. The van der Waals surface area contributed by atoms with Gasteiger partial charge in [-0.25, -0.2) is 14.7 Å². The van der Waals surface area contributed by atoms with Gasteiger partial charge in [-0.2, -0.15) is 0 Å². The summed E-state index contributed by atoms with van der Waals surface area (Å²) in [7, 11) is 3.19. The number of H-pyrrole nitrogens is 1. The molecule has 2 unspecified atom stereocenters. The van der Waals surface area contributed by atoms with Crippen molar-refractivity contribution in [1.82, 2.24) is 24.5 Å². The molecule has 0 aliphatic carbocycles. The Labute approximate surface area is 296 Å². The van der Waals surface area contributed by atoms with Crippen molar-refractivity contribution in [3.63, 3.8) is 0 Å². The molecule has 1 amide bonds. The Morgan fingerprint density at radius 2 is 1.56 bits per heavy atom. The zero-order chi connectivity index (χ0) is 34.2. The van der Waals surface area contributed by atoms with E-state index < -0.39 is 11.7 Å². The summed E-state index contributed by atoms with van der Waals surface area (Å²) in [6, 6.07) is 25.8. The van der Waals surface area contributed by atoms with Gasteiger partial charge in [0.1, 0.15) is 21.6 Å². The van der Waals surface area contributed by atoms with Crippen LogP contribution in [0.4, 0.5) is 0 Å². The summed E-state index contributed by atoms with van der Waals surface area (Å²) in [5.41, 5.74) is 3.05. The second kappa shape index (κ2) is 13.6. The van der Waals surface area contributed by atoms with E-state index in [0.717, 1.165) is 28.1 Å². The van der Waals surface area contributed by atoms with Crippen molar-refractivity contribution < 1.29 is 14.3 Å². The van der Waals surface area contributed by atoms with E-state index in [-0.39, 0.29) is 34.0 Å². The van der Waals surface area contributed by atoms with E-state index >= 15 is 0 Å². The first-order chi connectivity index (χ1) is 23.0. The number of aryl methyl sites for hydroxylation is 1. The summed E-state index contributed by atoms with van der Waals surface area (Å²) in [6.45, 7) is 3.85. The van der Waals surface area contributed by atoms with E-state index in [1.165, 1.54) is 0 Å². The predicted octanol–water partition coefficient (Wildman–Crippen LogP) is 6.72. The molecular formula is C35H33BrN6O4S2. The van der Waals surface area contributed by atoms with Crippen LogP contribution in [-0.4, -0.2) is 51.5 Å². The Morgan fingerprint density at radius 3 is 2.19 bits per heavy atom. The fourth-order valence-corrected chi connectivity index (χ4v) is 7.26. The Balaban J connectivity index is 1.51. The highest BCUT2D eigenvalue weighted by Gasteiger charge is 2.46. The average molecular weight is 746 g/mol. The van der Waals surface area contributed by atoms with Gasteiger partial charge in [0.15, 0.2) is 4.77 Å². The molecule has 2 N–H and O–H groups in total. The third kappa shape index (κ3) is 6.26. The lowest BCUT2D eigenvalue weighted by atomic mass is 9.95. The summed E-state index contributed by atoms with van der Waals surface area (Å²) in [6.07, 6.45) is 0.237. The van der Waals surface area contributed by atoms with Crippen molar-refractivity contribution >= 4 is 46.3 Å². The van der Waals surface area contributed by atoms with Gasteiger partial charge in [-0.1, -0.05) is 42.5 Å². The minimum absolute atomic E-state index is 0.0531. The molecule has 0 radical (unpaired) electrons. The van der Waals surface area contributed by atoms with Crippen LogP contribution in [0.1, 0.15) is 30.6 Å². The first-order valence-electron chi connectivity index (χ1n) is 15.1. The van der Waals surface area contributed by atoms with Crippen LogP contribution in [0.5, 0.6) is 11.5 Å². The topological polar surface area (TPSA) is 106 Å². The summed E-state index contributed by atoms with van der Waals surface area (Å²) in [4.78, 5) is 36.0. The summed E-state index contributed by atoms with van der Waals surface area (Å²) in [5, 5.41) is 5.04. The van der Waals surface area contributed by atoms with Crippen LogP contribution in [0, 0.1) is 16.5 Å². The summed E-state index contributed by atoms with van der Waals surface area (Å²) < 4.78 is 14.7. The molecule has 246 valence electrons. The predicted molar refractivity (Wildman–Crippen MR) is 194 cm³/mol. The highest BCUT2D eigenvalue weighted by Crippen LogP contribution is 2.35. The number of hydrogen-bond acceptors (Lipinski definition) is 8. The maximum atomic E-state index is 14.3. The van der Waals surface area contributed by atoms with Gasteiger partial charge in [-0.15, -0.1) is 0 Å². The molecule has 0 saturated carbocycles. The number of rotatable bonds is 9. The number of amides is 1. The fraction of sp³-hybridized carbons (Fsp3) is 0.229. The molecule has 2 aromatic heterocycles. The molecule has 13 heteroatoms. The molecule has 0 bridgehead atoms. The summed E-state index contributed by atoms with van der Waals surface area (Å²) in [5.74, 6) is 1.16. The average Bonchev–Trinajstić information content (AvgIpc) is 3.38. The molecule has 5 aromatic rings. The Hall–Kier alpha value is -4.43. The largest absolute Gasteiger partial charge is 0.497 e. The number of aromatic nitrogens is 4. The third-order valence-corrected chi connectivity index (χ3v) is 9.78. The second-order valence-electron chi connectivity index (χ2n) is 11.6. The molecule has 1 fully saturated rings. The van der Waals surface area contributed by atoms with Gasteiger partial charge in [0, 0.05) is 17.7 Å². The lowest BCUT2D eigenvalue weighted by molar-refractivity contribution is -0.118. The Kier molecular flexibility index (Phi) is 9.48. The minimum Gasteiger partial charge on any atom is -0.497 e. The third-order valence-electron chi connectivity index (χ3n) is 8.48. The van der Waals surface area contributed by atoms with E-state index in [1.807, 2.05) is 98.8 Å². The van der Waals surface area contributed by atoms with Crippen molar-refractivity contribution in [3.05, 3.63) is 121 Å². The summed E-state index contributed by atoms with van der Waals surface area (Å²) >= 11 is 15.3. The second-order valence-corrected chi connectivity index (χ2v) is 13.1. The number of aromatic amines is 1. The SMILES string of the molecule is COc1ccc(-c2[nH]c(=S)n(C(CC3(C)NCC(=O)N3n3c(-c4ccccc4)cc(C)nc3=S)c3ccc(OC)cc3)c(=O)c2Br)cc1. The van der Waals surface area contributed by atoms with Crippen LogP contribution in [-0.2, 0) is 4.79 Å². The fourth-order valence-electron chi connectivity index (χ4n) is 6.11. The molecule has 3 aromatic carbocycles. The van der Waals surface area contributed by atoms with Crippen LogP contribution < -0.4 is 25.4 Å². The van der Waals surface area contributed by atoms with Crippen LogP contribution >= 0.6 is 40.4 Å². The highest BCUT2D eigenvalue weighted by molar-refractivity contribution is 9.10. The van der Waals surface area contributed by atoms with Crippen LogP contribution in [0.3, 0.4) is 0 Å². The van der Waals surface area contributed by atoms with Crippen molar-refractivity contribution in [1.29, 1.82) is 0 Å². The van der Waals surface area contributed by atoms with Crippen LogP contribution in [0.2, 0.25) is 0 Å². The number of benzene rings is 3. The van der Waals surface area contributed by atoms with Gasteiger partial charge in [0.05, 0.1) is 38.2 Å². The maximum Gasteiger partial charge on any atom is 0.269 e. The molecule has 10 nitrogen and oxygen atoms in total. The van der Waals surface area contributed by atoms with Gasteiger partial charge >= 0.3 is 0 Å². The van der Waals surface area contributed by atoms with Gasteiger partial charge in [0.2, 0.25) is 4.77 Å². The minimum atomic E-state index is -1.04. The highest BCUT2D eigenvalue weighted by atomic mass is 79.9. The molecule has 0 spiro atoms. The normalized spacial score (nSPS) is 16.6. The standard InChI is InChI=1S/C35H33BrN6O4S2/c1-21-18-27(22-8-6-5-7-9-22)41(34(48)38-21)42-29(43)20-37-35(42,2)19-28(23-10-14-25(45-3)15-11-23)40-32(44)30(36)31(39-33(40)47)24-12-16-26(46-4)17-13-24/h5-18,28,37H,19-20H2,1-4H3,(H,39,47). The zero-order valence-corrected chi connectivity index (χ0v) is 29.9. The molecule has 1 aliphatic heterocycles. The first kappa shape index (κ1) is 33.5. The smallest absolute Gasteiger partial charge is 0.269 e. The van der Waals surface area contributed by atoms with Crippen LogP contribution in [0.25, 0.3) is 22.5 Å². The number of halogens is 1. The monoisotopic (exact) mass is 744 g/mol. The molecule has 3 heterocycles. The zero-order valence-electron chi connectivity index (χ0n) is 26.7. The van der Waals surface area contributed by atoms with Crippen molar-refractivity contribution in [2.45, 2.75) is 32.0 Å². The number of hydrogen-bond donors (Lipinski definition) is 2. The Morgan fingerprint density at radius 1 is 0.938 bits per heavy atom. The Bertz CT molecular complexity index is 2170. The van der Waals surface area contributed by atoms with Crippen molar-refractivity contribution in [3.8, 4) is 34.0 Å². The maximum absolute atomic E-state index is 14.3. The van der Waals surface area contributed by atoms with E-state index in [4.69, 9.17) is 33.9 Å². The molecule has 48 heavy (non-hydrogen) atoms. The molecule has 2 atom stereocenters. The number of carbonyl (C=O) groups is 1. The van der Waals surface area contributed by atoms with E-state index in [0.29, 0.717) is 21.7 Å². The lowest BCUT2D eigenvalue weighted by Gasteiger charge is -2.39. The molecular weight excluding hydrogens is 712 g/mol. The lowest BCUT2D eigenvalue weighted by Crippen LogP contribution is -2.57. The van der Waals surface area contributed by atoms with E-state index in [9.17, 15) is 9.59 Å². The van der Waals surface area contributed by atoms with Crippen molar-refractivity contribution in [2.75, 3.05) is 25.8 Å². The van der Waals surface area contributed by atoms with Gasteiger partial charge < -0.3 is 14.5 Å². The quantitative estimate of drug-likeness (QED) is 0.160. The number of ether oxygens (including phenoxy) is 2. The molecule has 1 aliphatic rings. The number of methoxy groups -OCH3 is 2.